The molecule has 20 heavy (non-hydrogen) atoms. The summed E-state index contributed by atoms with van der Waals surface area (Å²) < 4.78 is 5.52. The lowest BCUT2D eigenvalue weighted by Crippen LogP contribution is -2.38. The Balaban J connectivity index is 2.08. The number of aldehydes is 1. The van der Waals surface area contributed by atoms with Crippen molar-refractivity contribution in [3.05, 3.63) is 16.5 Å². The molecule has 0 aliphatic carbocycles. The van der Waals surface area contributed by atoms with Crippen LogP contribution in [0.3, 0.4) is 0 Å². The van der Waals surface area contributed by atoms with E-state index in [1.807, 2.05) is 4.90 Å². The Morgan fingerprint density at radius 2 is 2.15 bits per heavy atom. The molecule has 0 aromatic carbocycles. The topological polar surface area (TPSA) is 75.6 Å². The number of aromatic nitrogens is 2. The van der Waals surface area contributed by atoms with E-state index in [4.69, 9.17) is 21.4 Å². The van der Waals surface area contributed by atoms with E-state index >= 15 is 0 Å². The van der Waals surface area contributed by atoms with Crippen molar-refractivity contribution in [1.29, 1.82) is 0 Å². The Morgan fingerprint density at radius 1 is 1.45 bits per heavy atom. The molecule has 0 bridgehead atoms. The summed E-state index contributed by atoms with van der Waals surface area (Å²) in [6.45, 7) is 3.63. The standard InChI is InChI=1S/C13H18ClN3O3/c1-9-15-12(14)11(8-19)13(16-9)17-4-2-10(3-5-17)20-7-6-18/h8,10,18H,2-7H2,1H3. The molecule has 0 radical (unpaired) electrons. The number of hydrogen-bond acceptors (Lipinski definition) is 6. The zero-order valence-electron chi connectivity index (χ0n) is 11.4. The van der Waals surface area contributed by atoms with Gasteiger partial charge >= 0.3 is 0 Å². The highest BCUT2D eigenvalue weighted by Crippen LogP contribution is 2.26. The van der Waals surface area contributed by atoms with E-state index in [1.165, 1.54) is 0 Å². The maximum Gasteiger partial charge on any atom is 0.156 e. The normalized spacial score (nSPS) is 16.4. The number of anilines is 1. The van der Waals surface area contributed by atoms with E-state index in [9.17, 15) is 4.79 Å². The zero-order chi connectivity index (χ0) is 14.5. The van der Waals surface area contributed by atoms with Gasteiger partial charge in [-0.15, -0.1) is 0 Å². The zero-order valence-corrected chi connectivity index (χ0v) is 12.1. The minimum absolute atomic E-state index is 0.0379. The molecule has 2 heterocycles. The third kappa shape index (κ3) is 3.45. The summed E-state index contributed by atoms with van der Waals surface area (Å²) in [5.74, 6) is 1.15. The van der Waals surface area contributed by atoms with Gasteiger partial charge in [0, 0.05) is 13.1 Å². The van der Waals surface area contributed by atoms with Crippen LogP contribution in [0.4, 0.5) is 5.82 Å². The molecule has 110 valence electrons. The van der Waals surface area contributed by atoms with E-state index in [0.29, 0.717) is 30.1 Å². The quantitative estimate of drug-likeness (QED) is 0.651. The highest BCUT2D eigenvalue weighted by atomic mass is 35.5. The maximum absolute atomic E-state index is 11.2. The van der Waals surface area contributed by atoms with E-state index in [0.717, 1.165) is 25.9 Å². The van der Waals surface area contributed by atoms with E-state index in [1.54, 1.807) is 6.92 Å². The van der Waals surface area contributed by atoms with Crippen LogP contribution in [0.25, 0.3) is 0 Å². The number of hydrogen-bond donors (Lipinski definition) is 1. The highest BCUT2D eigenvalue weighted by molar-refractivity contribution is 6.32. The van der Waals surface area contributed by atoms with Crippen LogP contribution in [-0.2, 0) is 4.74 Å². The van der Waals surface area contributed by atoms with Crippen LogP contribution >= 0.6 is 11.6 Å². The molecule has 6 nitrogen and oxygen atoms in total. The van der Waals surface area contributed by atoms with Crippen molar-refractivity contribution >= 4 is 23.7 Å². The first-order valence-electron chi connectivity index (χ1n) is 6.62. The molecule has 7 heteroatoms. The Morgan fingerprint density at radius 3 is 2.75 bits per heavy atom. The number of piperidine rings is 1. The smallest absolute Gasteiger partial charge is 0.156 e. The first kappa shape index (κ1) is 15.2. The molecule has 0 unspecified atom stereocenters. The Hall–Kier alpha value is -1.24. The summed E-state index contributed by atoms with van der Waals surface area (Å²) in [5.41, 5.74) is 0.340. The molecule has 1 aromatic rings. The van der Waals surface area contributed by atoms with E-state index in [2.05, 4.69) is 9.97 Å². The molecule has 0 spiro atoms. The summed E-state index contributed by atoms with van der Waals surface area (Å²) in [7, 11) is 0. The van der Waals surface area contributed by atoms with Gasteiger partial charge < -0.3 is 14.7 Å². The molecule has 1 N–H and O–H groups in total. The summed E-state index contributed by atoms with van der Waals surface area (Å²) in [6.07, 6.45) is 2.51. The number of rotatable bonds is 5. The fourth-order valence-electron chi connectivity index (χ4n) is 2.33. The van der Waals surface area contributed by atoms with Crippen LogP contribution < -0.4 is 4.90 Å². The molecule has 1 aliphatic heterocycles. The molecule has 0 saturated carbocycles. The van der Waals surface area contributed by atoms with Crippen LogP contribution in [0, 0.1) is 6.92 Å². The SMILES string of the molecule is Cc1nc(Cl)c(C=O)c(N2CCC(OCCO)CC2)n1. The first-order valence-corrected chi connectivity index (χ1v) is 7.00. The lowest BCUT2D eigenvalue weighted by atomic mass is 10.1. The largest absolute Gasteiger partial charge is 0.394 e. The third-order valence-corrected chi connectivity index (χ3v) is 3.58. The van der Waals surface area contributed by atoms with Crippen molar-refractivity contribution in [2.45, 2.75) is 25.9 Å². The van der Waals surface area contributed by atoms with Crippen molar-refractivity contribution in [2.24, 2.45) is 0 Å². The van der Waals surface area contributed by atoms with Gasteiger partial charge in [-0.25, -0.2) is 9.97 Å². The van der Waals surface area contributed by atoms with Crippen LogP contribution in [0.5, 0.6) is 0 Å². The second-order valence-electron chi connectivity index (χ2n) is 4.70. The number of carbonyl (C=O) groups excluding carboxylic acids is 1. The second kappa shape index (κ2) is 6.97. The Bertz CT molecular complexity index is 476. The molecule has 0 atom stereocenters. The van der Waals surface area contributed by atoms with Crippen LogP contribution in [0.1, 0.15) is 29.0 Å². The van der Waals surface area contributed by atoms with Crippen molar-refractivity contribution in [1.82, 2.24) is 9.97 Å². The number of carbonyl (C=O) groups is 1. The third-order valence-electron chi connectivity index (χ3n) is 3.30. The van der Waals surface area contributed by atoms with Gasteiger partial charge in [0.05, 0.1) is 24.9 Å². The van der Waals surface area contributed by atoms with Gasteiger partial charge in [0.2, 0.25) is 0 Å². The number of aliphatic hydroxyl groups excluding tert-OH is 1. The van der Waals surface area contributed by atoms with Crippen LogP contribution in [-0.4, -0.2) is 53.8 Å². The predicted molar refractivity (Wildman–Crippen MR) is 75.4 cm³/mol. The van der Waals surface area contributed by atoms with Crippen molar-refractivity contribution in [2.75, 3.05) is 31.2 Å². The minimum atomic E-state index is 0.0379. The molecule has 1 saturated heterocycles. The number of ether oxygens (including phenoxy) is 1. The molecular weight excluding hydrogens is 282 g/mol. The van der Waals surface area contributed by atoms with Crippen molar-refractivity contribution in [3.63, 3.8) is 0 Å². The second-order valence-corrected chi connectivity index (χ2v) is 5.06. The number of nitrogens with zero attached hydrogens (tertiary/aromatic N) is 3. The van der Waals surface area contributed by atoms with Crippen LogP contribution in [0.2, 0.25) is 5.15 Å². The van der Waals surface area contributed by atoms with E-state index in [-0.39, 0.29) is 17.9 Å². The average Bonchev–Trinajstić information content (AvgIpc) is 2.45. The minimum Gasteiger partial charge on any atom is -0.394 e. The van der Waals surface area contributed by atoms with Crippen molar-refractivity contribution in [3.8, 4) is 0 Å². The molecular formula is C13H18ClN3O3. The van der Waals surface area contributed by atoms with Crippen molar-refractivity contribution < 1.29 is 14.6 Å². The monoisotopic (exact) mass is 299 g/mol. The number of aliphatic hydroxyl groups is 1. The molecule has 1 aliphatic rings. The molecule has 2 rings (SSSR count). The molecule has 1 aromatic heterocycles. The summed E-state index contributed by atoms with van der Waals surface area (Å²) in [5, 5.41) is 8.95. The van der Waals surface area contributed by atoms with E-state index < -0.39 is 0 Å². The molecule has 1 fully saturated rings. The average molecular weight is 300 g/mol. The fraction of sp³-hybridized carbons (Fsp3) is 0.615. The van der Waals surface area contributed by atoms with Gasteiger partial charge in [0.1, 0.15) is 16.8 Å². The van der Waals surface area contributed by atoms with Gasteiger partial charge in [-0.1, -0.05) is 11.6 Å². The van der Waals surface area contributed by atoms with Gasteiger partial charge in [-0.2, -0.15) is 0 Å². The van der Waals surface area contributed by atoms with Gasteiger partial charge in [0.15, 0.2) is 6.29 Å². The molecule has 0 amide bonds. The van der Waals surface area contributed by atoms with Gasteiger partial charge in [-0.3, -0.25) is 4.79 Å². The van der Waals surface area contributed by atoms with Gasteiger partial charge in [-0.05, 0) is 19.8 Å². The summed E-state index contributed by atoms with van der Waals surface area (Å²) in [6, 6.07) is 0. The first-order chi connectivity index (χ1) is 9.65. The number of aryl methyl sites for hydroxylation is 1. The summed E-state index contributed by atoms with van der Waals surface area (Å²) >= 11 is 5.99. The lowest BCUT2D eigenvalue weighted by Gasteiger charge is -2.33. The Labute approximate surface area is 122 Å². The fourth-order valence-corrected chi connectivity index (χ4v) is 2.58. The van der Waals surface area contributed by atoms with Gasteiger partial charge in [0.25, 0.3) is 0 Å². The summed E-state index contributed by atoms with van der Waals surface area (Å²) in [4.78, 5) is 21.5. The van der Waals surface area contributed by atoms with Crippen LogP contribution in [0.15, 0.2) is 0 Å². The Kier molecular flexibility index (Phi) is 5.28. The number of halogens is 1. The predicted octanol–water partition coefficient (Wildman–Crippen LogP) is 1.23. The maximum atomic E-state index is 11.2. The highest BCUT2D eigenvalue weighted by Gasteiger charge is 2.24. The lowest BCUT2D eigenvalue weighted by molar-refractivity contribution is 0.0158.